The molecule has 0 amide bonds. The predicted octanol–water partition coefficient (Wildman–Crippen LogP) is 5.00. The van der Waals surface area contributed by atoms with Gasteiger partial charge in [0.15, 0.2) is 0 Å². The van der Waals surface area contributed by atoms with Gasteiger partial charge in [-0.3, -0.25) is 0 Å². The highest BCUT2D eigenvalue weighted by molar-refractivity contribution is 9.10. The SMILES string of the molecule is CCCCc1ccc(C#Cc2ccc(Br)cc2P)c(C)c1. The van der Waals surface area contributed by atoms with E-state index in [0.717, 1.165) is 27.3 Å². The highest BCUT2D eigenvalue weighted by Crippen LogP contribution is 2.14. The summed E-state index contributed by atoms with van der Waals surface area (Å²) in [5, 5.41) is 1.12. The van der Waals surface area contributed by atoms with Crippen molar-refractivity contribution in [3.05, 3.63) is 63.1 Å². The van der Waals surface area contributed by atoms with E-state index in [0.29, 0.717) is 0 Å². The van der Waals surface area contributed by atoms with Gasteiger partial charge < -0.3 is 0 Å². The second kappa shape index (κ2) is 7.79. The first kappa shape index (κ1) is 16.3. The summed E-state index contributed by atoms with van der Waals surface area (Å²) in [5.41, 5.74) is 4.84. The van der Waals surface area contributed by atoms with Gasteiger partial charge in [-0.15, -0.1) is 9.24 Å². The van der Waals surface area contributed by atoms with Crippen molar-refractivity contribution in [1.29, 1.82) is 0 Å². The summed E-state index contributed by atoms with van der Waals surface area (Å²) in [5.74, 6) is 6.56. The Labute approximate surface area is 138 Å². The van der Waals surface area contributed by atoms with Crippen LogP contribution in [0.4, 0.5) is 0 Å². The van der Waals surface area contributed by atoms with Gasteiger partial charge in [-0.05, 0) is 60.5 Å². The van der Waals surface area contributed by atoms with E-state index in [1.807, 2.05) is 12.1 Å². The quantitative estimate of drug-likeness (QED) is 0.534. The fraction of sp³-hybridized carbons (Fsp3) is 0.263. The van der Waals surface area contributed by atoms with Gasteiger partial charge >= 0.3 is 0 Å². The van der Waals surface area contributed by atoms with Crippen LogP contribution in [0.1, 0.15) is 42.0 Å². The fourth-order valence-electron chi connectivity index (χ4n) is 2.18. The van der Waals surface area contributed by atoms with Crippen LogP contribution in [0, 0.1) is 18.8 Å². The number of aryl methyl sites for hydroxylation is 2. The molecule has 108 valence electrons. The van der Waals surface area contributed by atoms with Gasteiger partial charge in [-0.25, -0.2) is 0 Å². The van der Waals surface area contributed by atoms with Gasteiger partial charge in [0.1, 0.15) is 0 Å². The number of benzene rings is 2. The number of hydrogen-bond acceptors (Lipinski definition) is 0. The molecule has 0 radical (unpaired) electrons. The Morgan fingerprint density at radius 1 is 1.05 bits per heavy atom. The third-order valence-corrected chi connectivity index (χ3v) is 4.43. The van der Waals surface area contributed by atoms with Crippen LogP contribution in [0.3, 0.4) is 0 Å². The molecule has 2 rings (SSSR count). The Balaban J connectivity index is 2.22. The molecule has 0 fully saturated rings. The first-order valence-electron chi connectivity index (χ1n) is 7.26. The molecule has 0 N–H and O–H groups in total. The lowest BCUT2D eigenvalue weighted by Gasteiger charge is -2.04. The van der Waals surface area contributed by atoms with E-state index < -0.39 is 0 Å². The molecule has 2 heteroatoms. The van der Waals surface area contributed by atoms with Crippen LogP contribution in [0.25, 0.3) is 0 Å². The van der Waals surface area contributed by atoms with Crippen LogP contribution in [-0.2, 0) is 6.42 Å². The average molecular weight is 359 g/mol. The minimum absolute atomic E-state index is 1.05. The molecular formula is C19H20BrP. The van der Waals surface area contributed by atoms with Gasteiger partial charge in [0.05, 0.1) is 0 Å². The second-order valence-corrected chi connectivity index (χ2v) is 6.77. The molecule has 0 aromatic heterocycles. The van der Waals surface area contributed by atoms with E-state index in [1.54, 1.807) is 0 Å². The zero-order chi connectivity index (χ0) is 15.2. The Bertz CT molecular complexity index is 692. The van der Waals surface area contributed by atoms with Crippen molar-refractivity contribution in [2.45, 2.75) is 33.1 Å². The van der Waals surface area contributed by atoms with Crippen LogP contribution in [0.15, 0.2) is 40.9 Å². The maximum atomic E-state index is 3.47. The van der Waals surface area contributed by atoms with Crippen LogP contribution >= 0.6 is 25.2 Å². The molecule has 1 atom stereocenters. The van der Waals surface area contributed by atoms with Gasteiger partial charge in [0.2, 0.25) is 0 Å². The molecule has 0 saturated carbocycles. The Hall–Kier alpha value is -1.09. The molecule has 0 spiro atoms. The van der Waals surface area contributed by atoms with Crippen molar-refractivity contribution in [3.63, 3.8) is 0 Å². The Kier molecular flexibility index (Phi) is 6.04. The van der Waals surface area contributed by atoms with Gasteiger partial charge in [0.25, 0.3) is 0 Å². The molecule has 0 bridgehead atoms. The molecule has 0 heterocycles. The molecule has 21 heavy (non-hydrogen) atoms. The maximum Gasteiger partial charge on any atom is 0.0321 e. The normalized spacial score (nSPS) is 10.1. The van der Waals surface area contributed by atoms with E-state index in [-0.39, 0.29) is 0 Å². The summed E-state index contributed by atoms with van der Waals surface area (Å²) < 4.78 is 1.08. The average Bonchev–Trinajstić information content (AvgIpc) is 2.45. The lowest BCUT2D eigenvalue weighted by molar-refractivity contribution is 0.794. The topological polar surface area (TPSA) is 0 Å². The Morgan fingerprint density at radius 3 is 2.43 bits per heavy atom. The van der Waals surface area contributed by atoms with Gasteiger partial charge in [-0.2, -0.15) is 0 Å². The lowest BCUT2D eigenvalue weighted by Crippen LogP contribution is -1.96. The minimum atomic E-state index is 1.05. The van der Waals surface area contributed by atoms with Crippen molar-refractivity contribution in [2.75, 3.05) is 0 Å². The van der Waals surface area contributed by atoms with E-state index in [1.165, 1.54) is 24.0 Å². The highest BCUT2D eigenvalue weighted by Gasteiger charge is 1.99. The summed E-state index contributed by atoms with van der Waals surface area (Å²) in [7, 11) is 2.74. The highest BCUT2D eigenvalue weighted by atomic mass is 79.9. The van der Waals surface area contributed by atoms with E-state index in [4.69, 9.17) is 0 Å². The summed E-state index contributed by atoms with van der Waals surface area (Å²) in [6, 6.07) is 12.8. The van der Waals surface area contributed by atoms with E-state index in [2.05, 4.69) is 75.1 Å². The summed E-state index contributed by atoms with van der Waals surface area (Å²) in [4.78, 5) is 0. The van der Waals surface area contributed by atoms with Crippen molar-refractivity contribution in [3.8, 4) is 11.8 Å². The van der Waals surface area contributed by atoms with Gasteiger partial charge in [0, 0.05) is 15.6 Å². The smallest absolute Gasteiger partial charge is 0.0321 e. The van der Waals surface area contributed by atoms with Crippen LogP contribution < -0.4 is 5.30 Å². The molecule has 0 aliphatic rings. The largest absolute Gasteiger partial charge is 0.104 e. The van der Waals surface area contributed by atoms with E-state index in [9.17, 15) is 0 Å². The van der Waals surface area contributed by atoms with Crippen LogP contribution in [0.2, 0.25) is 0 Å². The summed E-state index contributed by atoms with van der Waals surface area (Å²) >= 11 is 3.47. The first-order valence-corrected chi connectivity index (χ1v) is 8.63. The van der Waals surface area contributed by atoms with Crippen LogP contribution in [-0.4, -0.2) is 0 Å². The molecule has 0 aliphatic carbocycles. The number of rotatable bonds is 3. The summed E-state index contributed by atoms with van der Waals surface area (Å²) in [6.07, 6.45) is 3.65. The zero-order valence-corrected chi connectivity index (χ0v) is 15.3. The Morgan fingerprint density at radius 2 is 1.76 bits per heavy atom. The standard InChI is InChI=1S/C19H20BrP/c1-3-4-5-15-6-7-16(14(2)12-15)8-9-17-10-11-18(20)13-19(17)21/h6-7,10-13H,3-5,21H2,1-2H3. The molecule has 2 aromatic carbocycles. The van der Waals surface area contributed by atoms with E-state index >= 15 is 0 Å². The van der Waals surface area contributed by atoms with Crippen molar-refractivity contribution in [1.82, 2.24) is 0 Å². The number of unbranched alkanes of at least 4 members (excludes halogenated alkanes) is 1. The fourth-order valence-corrected chi connectivity index (χ4v) is 3.16. The molecular weight excluding hydrogens is 339 g/mol. The molecule has 0 aliphatic heterocycles. The zero-order valence-electron chi connectivity index (χ0n) is 12.5. The third-order valence-electron chi connectivity index (χ3n) is 3.46. The molecule has 2 aromatic rings. The first-order chi connectivity index (χ1) is 10.1. The van der Waals surface area contributed by atoms with Crippen molar-refractivity contribution < 1.29 is 0 Å². The van der Waals surface area contributed by atoms with Crippen molar-refractivity contribution in [2.24, 2.45) is 0 Å². The predicted molar refractivity (Wildman–Crippen MR) is 99.3 cm³/mol. The molecule has 1 unspecified atom stereocenters. The summed E-state index contributed by atoms with van der Waals surface area (Å²) in [6.45, 7) is 4.37. The number of halogens is 1. The third kappa shape index (κ3) is 4.70. The maximum absolute atomic E-state index is 3.47. The second-order valence-electron chi connectivity index (χ2n) is 5.23. The van der Waals surface area contributed by atoms with Crippen molar-refractivity contribution >= 4 is 30.5 Å². The molecule has 0 nitrogen and oxygen atoms in total. The van der Waals surface area contributed by atoms with Crippen LogP contribution in [0.5, 0.6) is 0 Å². The monoisotopic (exact) mass is 358 g/mol. The van der Waals surface area contributed by atoms with Gasteiger partial charge in [-0.1, -0.05) is 53.2 Å². The lowest BCUT2D eigenvalue weighted by atomic mass is 10.0. The minimum Gasteiger partial charge on any atom is -0.104 e. The molecule has 0 saturated heterocycles. The number of hydrogen-bond donors (Lipinski definition) is 0.